The number of nitrogens with zero attached hydrogens (tertiary/aromatic N) is 1. The summed E-state index contributed by atoms with van der Waals surface area (Å²) in [5, 5.41) is 2.95. The Morgan fingerprint density at radius 3 is 2.70 bits per heavy atom. The van der Waals surface area contributed by atoms with Crippen molar-refractivity contribution in [3.05, 3.63) is 67.0 Å². The molecule has 0 bridgehead atoms. The fourth-order valence-corrected chi connectivity index (χ4v) is 3.33. The van der Waals surface area contributed by atoms with Crippen LogP contribution in [0.1, 0.15) is 19.3 Å². The van der Waals surface area contributed by atoms with Crippen LogP contribution >= 0.6 is 0 Å². The number of rotatable bonds is 5. The predicted octanol–water partition coefficient (Wildman–Crippen LogP) is 4.25. The molecule has 140 valence electrons. The largest absolute Gasteiger partial charge is 0.342 e. The molecule has 1 saturated heterocycles. The second-order valence-corrected chi connectivity index (χ2v) is 6.75. The molecule has 0 aromatic heterocycles. The van der Waals surface area contributed by atoms with Crippen molar-refractivity contribution in [3.8, 4) is 11.1 Å². The third kappa shape index (κ3) is 4.82. The average Bonchev–Trinajstić information content (AvgIpc) is 2.69. The van der Waals surface area contributed by atoms with Crippen LogP contribution in [-0.2, 0) is 9.59 Å². The molecule has 2 amide bonds. The van der Waals surface area contributed by atoms with E-state index in [2.05, 4.69) is 11.9 Å². The zero-order chi connectivity index (χ0) is 19.2. The summed E-state index contributed by atoms with van der Waals surface area (Å²) in [4.78, 5) is 26.5. The van der Waals surface area contributed by atoms with E-state index in [1.807, 2.05) is 24.3 Å². The average molecular weight is 366 g/mol. The number of hydrogen-bond donors (Lipinski definition) is 1. The van der Waals surface area contributed by atoms with Gasteiger partial charge in [-0.05, 0) is 48.2 Å². The maximum Gasteiger partial charge on any atom is 0.229 e. The zero-order valence-electron chi connectivity index (χ0n) is 15.2. The Morgan fingerprint density at radius 1 is 1.19 bits per heavy atom. The molecule has 1 fully saturated rings. The van der Waals surface area contributed by atoms with Gasteiger partial charge in [-0.15, -0.1) is 6.58 Å². The van der Waals surface area contributed by atoms with Crippen LogP contribution in [0.2, 0.25) is 0 Å². The number of benzene rings is 2. The van der Waals surface area contributed by atoms with Gasteiger partial charge in [0.1, 0.15) is 5.82 Å². The Bertz CT molecular complexity index is 832. The molecule has 1 heterocycles. The normalized spacial score (nSPS) is 16.6. The lowest BCUT2D eigenvalue weighted by molar-refractivity contribution is -0.133. The van der Waals surface area contributed by atoms with Crippen LogP contribution in [0.4, 0.5) is 10.1 Å². The Kier molecular flexibility index (Phi) is 6.01. The Balaban J connectivity index is 1.67. The maximum atomic E-state index is 13.1. The van der Waals surface area contributed by atoms with Gasteiger partial charge in [-0.25, -0.2) is 4.39 Å². The Morgan fingerprint density at radius 2 is 1.96 bits per heavy atom. The first-order valence-electron chi connectivity index (χ1n) is 9.12. The molecular formula is C22H23FN2O2. The van der Waals surface area contributed by atoms with Crippen molar-refractivity contribution < 1.29 is 14.0 Å². The van der Waals surface area contributed by atoms with E-state index in [1.54, 1.807) is 23.1 Å². The summed E-state index contributed by atoms with van der Waals surface area (Å²) in [7, 11) is 0. The minimum atomic E-state index is -0.281. The van der Waals surface area contributed by atoms with Crippen molar-refractivity contribution in [1.29, 1.82) is 0 Å². The molecule has 0 aliphatic carbocycles. The van der Waals surface area contributed by atoms with Crippen LogP contribution in [0, 0.1) is 11.7 Å². The molecule has 27 heavy (non-hydrogen) atoms. The molecule has 2 aromatic rings. The minimum absolute atomic E-state index is 0.0146. The van der Waals surface area contributed by atoms with E-state index in [-0.39, 0.29) is 23.5 Å². The molecule has 5 heteroatoms. The topological polar surface area (TPSA) is 49.4 Å². The number of likely N-dealkylation sites (tertiary alicyclic amines) is 1. The van der Waals surface area contributed by atoms with E-state index < -0.39 is 0 Å². The standard InChI is InChI=1S/C22H23FN2O2/c1-2-5-21(26)25-13-4-7-18(15-25)22(27)24-20-8-3-6-17(14-20)16-9-11-19(23)12-10-16/h2-3,6,8-12,14,18H,1,4-5,7,13,15H2,(H,24,27). The zero-order valence-corrected chi connectivity index (χ0v) is 15.2. The highest BCUT2D eigenvalue weighted by atomic mass is 19.1. The summed E-state index contributed by atoms with van der Waals surface area (Å²) in [6.07, 6.45) is 3.47. The summed E-state index contributed by atoms with van der Waals surface area (Å²) in [5.41, 5.74) is 2.47. The van der Waals surface area contributed by atoms with Crippen molar-refractivity contribution in [1.82, 2.24) is 4.90 Å². The van der Waals surface area contributed by atoms with Crippen molar-refractivity contribution in [2.24, 2.45) is 5.92 Å². The number of carbonyl (C=O) groups is 2. The first kappa shape index (κ1) is 18.8. The summed E-state index contributed by atoms with van der Waals surface area (Å²) in [6, 6.07) is 13.7. The van der Waals surface area contributed by atoms with Crippen LogP contribution in [-0.4, -0.2) is 29.8 Å². The summed E-state index contributed by atoms with van der Waals surface area (Å²) in [6.45, 7) is 4.73. The third-order valence-electron chi connectivity index (χ3n) is 4.77. The molecule has 1 N–H and O–H groups in total. The van der Waals surface area contributed by atoms with Crippen molar-refractivity contribution in [2.45, 2.75) is 19.3 Å². The second kappa shape index (κ2) is 8.62. The van der Waals surface area contributed by atoms with Gasteiger partial charge in [0, 0.05) is 25.2 Å². The first-order chi connectivity index (χ1) is 13.1. The lowest BCUT2D eigenvalue weighted by Crippen LogP contribution is -2.43. The van der Waals surface area contributed by atoms with Gasteiger partial charge in [-0.1, -0.05) is 30.3 Å². The lowest BCUT2D eigenvalue weighted by Gasteiger charge is -2.32. The summed E-state index contributed by atoms with van der Waals surface area (Å²) >= 11 is 0. The van der Waals surface area contributed by atoms with Gasteiger partial charge in [0.05, 0.1) is 5.92 Å². The fourth-order valence-electron chi connectivity index (χ4n) is 3.33. The number of halogens is 1. The molecule has 1 aliphatic heterocycles. The summed E-state index contributed by atoms with van der Waals surface area (Å²) < 4.78 is 13.1. The van der Waals surface area contributed by atoms with Gasteiger partial charge in [0.2, 0.25) is 11.8 Å². The molecule has 0 saturated carbocycles. The van der Waals surface area contributed by atoms with Gasteiger partial charge in [0.15, 0.2) is 0 Å². The molecule has 2 aromatic carbocycles. The van der Waals surface area contributed by atoms with E-state index >= 15 is 0 Å². The van der Waals surface area contributed by atoms with Gasteiger partial charge in [-0.3, -0.25) is 9.59 Å². The molecule has 1 atom stereocenters. The van der Waals surface area contributed by atoms with Gasteiger partial charge in [0.25, 0.3) is 0 Å². The quantitative estimate of drug-likeness (QED) is 0.805. The van der Waals surface area contributed by atoms with Crippen LogP contribution in [0.3, 0.4) is 0 Å². The highest BCUT2D eigenvalue weighted by Gasteiger charge is 2.27. The SMILES string of the molecule is C=CCC(=O)N1CCCC(C(=O)Nc2cccc(-c3ccc(F)cc3)c2)C1. The van der Waals surface area contributed by atoms with Gasteiger partial charge < -0.3 is 10.2 Å². The number of carbonyl (C=O) groups excluding carboxylic acids is 2. The van der Waals surface area contributed by atoms with Crippen molar-refractivity contribution in [2.75, 3.05) is 18.4 Å². The van der Waals surface area contributed by atoms with E-state index in [9.17, 15) is 14.0 Å². The summed E-state index contributed by atoms with van der Waals surface area (Å²) in [5.74, 6) is -0.568. The van der Waals surface area contributed by atoms with Crippen molar-refractivity contribution >= 4 is 17.5 Å². The lowest BCUT2D eigenvalue weighted by atomic mass is 9.96. The minimum Gasteiger partial charge on any atom is -0.342 e. The number of nitrogens with one attached hydrogen (secondary N) is 1. The van der Waals surface area contributed by atoms with Crippen LogP contribution in [0.5, 0.6) is 0 Å². The van der Waals surface area contributed by atoms with E-state index in [4.69, 9.17) is 0 Å². The molecule has 0 spiro atoms. The number of amides is 2. The maximum absolute atomic E-state index is 13.1. The number of anilines is 1. The van der Waals surface area contributed by atoms with Crippen molar-refractivity contribution in [3.63, 3.8) is 0 Å². The predicted molar refractivity (Wildman–Crippen MR) is 105 cm³/mol. The molecule has 0 radical (unpaired) electrons. The van der Waals surface area contributed by atoms with Gasteiger partial charge in [-0.2, -0.15) is 0 Å². The van der Waals surface area contributed by atoms with Gasteiger partial charge >= 0.3 is 0 Å². The van der Waals surface area contributed by atoms with Crippen LogP contribution in [0.25, 0.3) is 11.1 Å². The molecular weight excluding hydrogens is 343 g/mol. The molecule has 3 rings (SSSR count). The third-order valence-corrected chi connectivity index (χ3v) is 4.77. The fraction of sp³-hybridized carbons (Fsp3) is 0.273. The van der Waals surface area contributed by atoms with E-state index in [0.717, 1.165) is 24.0 Å². The molecule has 4 nitrogen and oxygen atoms in total. The second-order valence-electron chi connectivity index (χ2n) is 6.75. The number of hydrogen-bond acceptors (Lipinski definition) is 2. The van der Waals surface area contributed by atoms with E-state index in [0.29, 0.717) is 25.2 Å². The highest BCUT2D eigenvalue weighted by Crippen LogP contribution is 2.24. The Labute approximate surface area is 158 Å². The van der Waals surface area contributed by atoms with Crippen LogP contribution in [0.15, 0.2) is 61.2 Å². The number of piperidine rings is 1. The van der Waals surface area contributed by atoms with Crippen LogP contribution < -0.4 is 5.32 Å². The molecule has 1 aliphatic rings. The van der Waals surface area contributed by atoms with E-state index in [1.165, 1.54) is 12.1 Å². The first-order valence-corrected chi connectivity index (χ1v) is 9.12. The monoisotopic (exact) mass is 366 g/mol. The smallest absolute Gasteiger partial charge is 0.229 e. The highest BCUT2D eigenvalue weighted by molar-refractivity contribution is 5.94. The molecule has 1 unspecified atom stereocenters. The Hall–Kier alpha value is -2.95.